The summed E-state index contributed by atoms with van der Waals surface area (Å²) in [6.07, 6.45) is 5.82. The van der Waals surface area contributed by atoms with E-state index in [1.807, 2.05) is 0 Å². The molecule has 0 aromatic heterocycles. The number of rotatable bonds is 3. The highest BCUT2D eigenvalue weighted by Gasteiger charge is 2.11. The molecule has 3 heteroatoms. The van der Waals surface area contributed by atoms with Gasteiger partial charge in [-0.05, 0) is 6.42 Å². The fourth-order valence-corrected chi connectivity index (χ4v) is 2.11. The van der Waals surface area contributed by atoms with Gasteiger partial charge in [0.25, 0.3) is 0 Å². The lowest BCUT2D eigenvalue weighted by Crippen LogP contribution is -2.46. The zero-order valence-corrected chi connectivity index (χ0v) is 8.91. The Kier molecular flexibility index (Phi) is 3.98. The van der Waals surface area contributed by atoms with Gasteiger partial charge in [-0.2, -0.15) is 0 Å². The SMILES string of the molecule is C1=CCN(CCN2CCNCC2)CC1. The summed E-state index contributed by atoms with van der Waals surface area (Å²) in [7, 11) is 0. The van der Waals surface area contributed by atoms with Crippen LogP contribution in [0.4, 0.5) is 0 Å². The molecule has 1 saturated heterocycles. The van der Waals surface area contributed by atoms with Gasteiger partial charge in [0.1, 0.15) is 0 Å². The Hall–Kier alpha value is -0.380. The highest BCUT2D eigenvalue weighted by molar-refractivity contribution is 4.90. The van der Waals surface area contributed by atoms with Gasteiger partial charge in [0.2, 0.25) is 0 Å². The van der Waals surface area contributed by atoms with E-state index in [4.69, 9.17) is 0 Å². The third kappa shape index (κ3) is 3.08. The van der Waals surface area contributed by atoms with Gasteiger partial charge in [-0.3, -0.25) is 9.80 Å². The summed E-state index contributed by atoms with van der Waals surface area (Å²) >= 11 is 0. The summed E-state index contributed by atoms with van der Waals surface area (Å²) in [5.41, 5.74) is 0. The fraction of sp³-hybridized carbons (Fsp3) is 0.818. The Morgan fingerprint density at radius 3 is 2.43 bits per heavy atom. The first-order valence-corrected chi connectivity index (χ1v) is 5.75. The van der Waals surface area contributed by atoms with Gasteiger partial charge in [0.05, 0.1) is 0 Å². The summed E-state index contributed by atoms with van der Waals surface area (Å²) in [5.74, 6) is 0. The van der Waals surface area contributed by atoms with Crippen LogP contribution in [-0.4, -0.2) is 62.2 Å². The average Bonchev–Trinajstić information content (AvgIpc) is 2.29. The lowest BCUT2D eigenvalue weighted by atomic mass is 10.2. The van der Waals surface area contributed by atoms with E-state index >= 15 is 0 Å². The van der Waals surface area contributed by atoms with Gasteiger partial charge in [0.15, 0.2) is 0 Å². The fourth-order valence-electron chi connectivity index (χ4n) is 2.11. The lowest BCUT2D eigenvalue weighted by Gasteiger charge is -2.30. The molecule has 0 unspecified atom stereocenters. The van der Waals surface area contributed by atoms with Crippen molar-refractivity contribution >= 4 is 0 Å². The second-order valence-electron chi connectivity index (χ2n) is 4.15. The molecule has 80 valence electrons. The third-order valence-electron chi connectivity index (χ3n) is 3.08. The molecule has 0 radical (unpaired) electrons. The van der Waals surface area contributed by atoms with Gasteiger partial charge in [-0.1, -0.05) is 12.2 Å². The van der Waals surface area contributed by atoms with Gasteiger partial charge in [-0.15, -0.1) is 0 Å². The van der Waals surface area contributed by atoms with Crippen LogP contribution < -0.4 is 5.32 Å². The highest BCUT2D eigenvalue weighted by atomic mass is 15.2. The molecule has 0 aliphatic carbocycles. The molecular weight excluding hydrogens is 174 g/mol. The Bertz CT molecular complexity index is 185. The molecule has 0 saturated carbocycles. The normalized spacial score (nSPS) is 25.4. The van der Waals surface area contributed by atoms with Crippen LogP contribution in [0, 0.1) is 0 Å². The lowest BCUT2D eigenvalue weighted by molar-refractivity contribution is 0.195. The second-order valence-corrected chi connectivity index (χ2v) is 4.15. The van der Waals surface area contributed by atoms with Crippen molar-refractivity contribution in [3.8, 4) is 0 Å². The maximum absolute atomic E-state index is 3.39. The first kappa shape index (κ1) is 10.1. The summed E-state index contributed by atoms with van der Waals surface area (Å²) in [5, 5.41) is 3.39. The van der Waals surface area contributed by atoms with Crippen molar-refractivity contribution in [3.63, 3.8) is 0 Å². The first-order chi connectivity index (χ1) is 6.95. The highest BCUT2D eigenvalue weighted by Crippen LogP contribution is 2.01. The number of piperazine rings is 1. The second kappa shape index (κ2) is 5.49. The minimum atomic E-state index is 1.16. The number of nitrogens with one attached hydrogen (secondary N) is 1. The molecule has 1 fully saturated rings. The molecule has 3 nitrogen and oxygen atoms in total. The van der Waals surface area contributed by atoms with E-state index in [1.165, 1.54) is 52.2 Å². The van der Waals surface area contributed by atoms with Crippen LogP contribution in [0.3, 0.4) is 0 Å². The van der Waals surface area contributed by atoms with Crippen molar-refractivity contribution < 1.29 is 0 Å². The molecule has 2 aliphatic heterocycles. The predicted octanol–water partition coefficient (Wildman–Crippen LogP) is 0.154. The Morgan fingerprint density at radius 1 is 0.929 bits per heavy atom. The molecule has 0 aromatic rings. The molecule has 0 bridgehead atoms. The predicted molar refractivity (Wildman–Crippen MR) is 59.5 cm³/mol. The van der Waals surface area contributed by atoms with Crippen molar-refractivity contribution in [1.29, 1.82) is 0 Å². The van der Waals surface area contributed by atoms with E-state index in [9.17, 15) is 0 Å². The molecular formula is C11H21N3. The molecule has 14 heavy (non-hydrogen) atoms. The van der Waals surface area contributed by atoms with E-state index < -0.39 is 0 Å². The van der Waals surface area contributed by atoms with Gasteiger partial charge in [-0.25, -0.2) is 0 Å². The van der Waals surface area contributed by atoms with Crippen molar-refractivity contribution in [3.05, 3.63) is 12.2 Å². The molecule has 1 N–H and O–H groups in total. The third-order valence-corrected chi connectivity index (χ3v) is 3.08. The Balaban J connectivity index is 1.63. The first-order valence-electron chi connectivity index (χ1n) is 5.75. The van der Waals surface area contributed by atoms with Gasteiger partial charge in [0, 0.05) is 52.4 Å². The summed E-state index contributed by atoms with van der Waals surface area (Å²) in [4.78, 5) is 5.11. The molecule has 0 spiro atoms. The van der Waals surface area contributed by atoms with E-state index in [2.05, 4.69) is 27.3 Å². The number of hydrogen-bond donors (Lipinski definition) is 1. The summed E-state index contributed by atoms with van der Waals surface area (Å²) < 4.78 is 0. The quantitative estimate of drug-likeness (QED) is 0.647. The van der Waals surface area contributed by atoms with E-state index in [0.29, 0.717) is 0 Å². The largest absolute Gasteiger partial charge is 0.314 e. The monoisotopic (exact) mass is 195 g/mol. The topological polar surface area (TPSA) is 18.5 Å². The van der Waals surface area contributed by atoms with Crippen LogP contribution >= 0.6 is 0 Å². The van der Waals surface area contributed by atoms with Crippen LogP contribution in [0.5, 0.6) is 0 Å². The molecule has 2 aliphatic rings. The smallest absolute Gasteiger partial charge is 0.0163 e. The summed E-state index contributed by atoms with van der Waals surface area (Å²) in [6, 6.07) is 0. The van der Waals surface area contributed by atoms with E-state index in [-0.39, 0.29) is 0 Å². The number of hydrogen-bond acceptors (Lipinski definition) is 3. The molecule has 2 heterocycles. The van der Waals surface area contributed by atoms with Crippen LogP contribution in [-0.2, 0) is 0 Å². The van der Waals surface area contributed by atoms with E-state index in [1.54, 1.807) is 0 Å². The Morgan fingerprint density at radius 2 is 1.71 bits per heavy atom. The van der Waals surface area contributed by atoms with Crippen LogP contribution in [0.2, 0.25) is 0 Å². The van der Waals surface area contributed by atoms with Crippen LogP contribution in [0.1, 0.15) is 6.42 Å². The van der Waals surface area contributed by atoms with Crippen molar-refractivity contribution in [1.82, 2.24) is 15.1 Å². The molecule has 2 rings (SSSR count). The van der Waals surface area contributed by atoms with Crippen LogP contribution in [0.15, 0.2) is 12.2 Å². The van der Waals surface area contributed by atoms with Gasteiger partial charge < -0.3 is 5.32 Å². The van der Waals surface area contributed by atoms with Crippen LogP contribution in [0.25, 0.3) is 0 Å². The van der Waals surface area contributed by atoms with Crippen molar-refractivity contribution in [2.45, 2.75) is 6.42 Å². The van der Waals surface area contributed by atoms with Crippen molar-refractivity contribution in [2.75, 3.05) is 52.4 Å². The average molecular weight is 195 g/mol. The zero-order chi connectivity index (χ0) is 9.64. The Labute approximate surface area is 86.8 Å². The maximum Gasteiger partial charge on any atom is 0.0163 e. The molecule has 0 atom stereocenters. The summed E-state index contributed by atoms with van der Waals surface area (Å²) in [6.45, 7) is 9.68. The maximum atomic E-state index is 3.39. The minimum Gasteiger partial charge on any atom is -0.314 e. The minimum absolute atomic E-state index is 1.16. The standard InChI is InChI=1S/C11H21N3/c1-2-6-13(7-3-1)10-11-14-8-4-12-5-9-14/h1-2,12H,3-11H2. The zero-order valence-electron chi connectivity index (χ0n) is 8.91. The van der Waals surface area contributed by atoms with Gasteiger partial charge >= 0.3 is 0 Å². The number of nitrogens with zero attached hydrogens (tertiary/aromatic N) is 2. The molecule has 0 amide bonds. The van der Waals surface area contributed by atoms with E-state index in [0.717, 1.165) is 6.54 Å². The molecule has 0 aromatic carbocycles. The van der Waals surface area contributed by atoms with Crippen molar-refractivity contribution in [2.24, 2.45) is 0 Å².